The second kappa shape index (κ2) is 6.29. The predicted molar refractivity (Wildman–Crippen MR) is 80.5 cm³/mol. The average Bonchev–Trinajstić information content (AvgIpc) is 3.17. The van der Waals surface area contributed by atoms with Crippen molar-refractivity contribution in [2.24, 2.45) is 5.92 Å². The normalized spacial score (nSPS) is 17.4. The number of benzene rings is 1. The fourth-order valence-corrected chi connectivity index (χ4v) is 3.29. The molecular formula is C14H21NO2S2. The smallest absolute Gasteiger partial charge is 0.175 e. The maximum absolute atomic E-state index is 11.4. The topological polar surface area (TPSA) is 46.2 Å². The summed E-state index contributed by atoms with van der Waals surface area (Å²) in [6.45, 7) is 3.31. The lowest BCUT2D eigenvalue weighted by Gasteiger charge is -2.11. The third kappa shape index (κ3) is 5.16. The molecule has 0 spiro atoms. The second-order valence-corrected chi connectivity index (χ2v) is 8.45. The Balaban J connectivity index is 1.78. The Kier molecular flexibility index (Phi) is 4.92. The number of hydrogen-bond donors (Lipinski definition) is 1. The van der Waals surface area contributed by atoms with Gasteiger partial charge in [0.15, 0.2) is 9.84 Å². The lowest BCUT2D eigenvalue weighted by molar-refractivity contribution is 0.557. The van der Waals surface area contributed by atoms with E-state index >= 15 is 0 Å². The van der Waals surface area contributed by atoms with Crippen LogP contribution in [0.2, 0.25) is 0 Å². The van der Waals surface area contributed by atoms with Gasteiger partial charge in [-0.3, -0.25) is 0 Å². The second-order valence-electron chi connectivity index (χ2n) is 5.34. The summed E-state index contributed by atoms with van der Waals surface area (Å²) in [4.78, 5) is 1.52. The van der Waals surface area contributed by atoms with Gasteiger partial charge in [0, 0.05) is 22.9 Å². The summed E-state index contributed by atoms with van der Waals surface area (Å²) < 4.78 is 22.7. The van der Waals surface area contributed by atoms with Crippen molar-refractivity contribution in [3.8, 4) is 0 Å². The van der Waals surface area contributed by atoms with Gasteiger partial charge in [-0.2, -0.15) is 0 Å². The quantitative estimate of drug-likeness (QED) is 0.786. The molecule has 1 aromatic rings. The maximum Gasteiger partial charge on any atom is 0.175 e. The third-order valence-electron chi connectivity index (χ3n) is 3.12. The van der Waals surface area contributed by atoms with Crippen LogP contribution in [0.25, 0.3) is 0 Å². The third-order valence-corrected chi connectivity index (χ3v) is 5.59. The first-order valence-corrected chi connectivity index (χ1v) is 9.49. The molecular weight excluding hydrogens is 278 g/mol. The molecule has 0 radical (unpaired) electrons. The highest BCUT2D eigenvalue weighted by atomic mass is 32.2. The van der Waals surface area contributed by atoms with E-state index in [9.17, 15) is 8.42 Å². The molecule has 1 aliphatic rings. The molecule has 1 fully saturated rings. The van der Waals surface area contributed by atoms with Gasteiger partial charge in [0.1, 0.15) is 0 Å². The maximum atomic E-state index is 11.4. The predicted octanol–water partition coefficient (Wildman–Crippen LogP) is 2.57. The first-order chi connectivity index (χ1) is 8.95. The number of hydrogen-bond acceptors (Lipinski definition) is 4. The summed E-state index contributed by atoms with van der Waals surface area (Å²) >= 11 is 1.79. The Labute approximate surface area is 120 Å². The SMILES string of the molecule is CC(CNC1CC1)CSc1ccc(S(C)(=O)=O)cc1. The first-order valence-electron chi connectivity index (χ1n) is 6.61. The summed E-state index contributed by atoms with van der Waals surface area (Å²) in [6, 6.07) is 7.92. The Bertz CT molecular complexity index is 507. The van der Waals surface area contributed by atoms with Crippen LogP contribution in [0.3, 0.4) is 0 Å². The molecule has 1 aliphatic carbocycles. The largest absolute Gasteiger partial charge is 0.314 e. The summed E-state index contributed by atoms with van der Waals surface area (Å²) in [7, 11) is -3.08. The monoisotopic (exact) mass is 299 g/mol. The van der Waals surface area contributed by atoms with Crippen molar-refractivity contribution in [2.45, 2.75) is 35.6 Å². The van der Waals surface area contributed by atoms with Crippen LogP contribution in [0.5, 0.6) is 0 Å². The van der Waals surface area contributed by atoms with Gasteiger partial charge in [0.05, 0.1) is 4.90 Å². The minimum absolute atomic E-state index is 0.389. The van der Waals surface area contributed by atoms with Crippen molar-refractivity contribution in [3.05, 3.63) is 24.3 Å². The number of nitrogens with one attached hydrogen (secondary N) is 1. The molecule has 0 heterocycles. The highest BCUT2D eigenvalue weighted by Gasteiger charge is 2.20. The van der Waals surface area contributed by atoms with Gasteiger partial charge in [-0.05, 0) is 49.6 Å². The Morgan fingerprint density at radius 3 is 2.47 bits per heavy atom. The Hall–Kier alpha value is -0.520. The van der Waals surface area contributed by atoms with E-state index < -0.39 is 9.84 Å². The van der Waals surface area contributed by atoms with E-state index in [-0.39, 0.29) is 0 Å². The number of thioether (sulfide) groups is 1. The molecule has 0 aromatic heterocycles. The van der Waals surface area contributed by atoms with Crippen LogP contribution in [0.1, 0.15) is 19.8 Å². The van der Waals surface area contributed by atoms with E-state index in [1.165, 1.54) is 19.1 Å². The van der Waals surface area contributed by atoms with Gasteiger partial charge in [-0.15, -0.1) is 11.8 Å². The molecule has 0 saturated heterocycles. The van der Waals surface area contributed by atoms with Gasteiger partial charge < -0.3 is 5.32 Å². The molecule has 5 heteroatoms. The molecule has 0 aliphatic heterocycles. The van der Waals surface area contributed by atoms with Crippen LogP contribution in [0.15, 0.2) is 34.1 Å². The number of rotatable bonds is 7. The van der Waals surface area contributed by atoms with E-state index in [4.69, 9.17) is 0 Å². The lowest BCUT2D eigenvalue weighted by atomic mass is 10.2. The van der Waals surface area contributed by atoms with E-state index in [0.717, 1.165) is 23.2 Å². The van der Waals surface area contributed by atoms with Crippen molar-refractivity contribution in [1.29, 1.82) is 0 Å². The van der Waals surface area contributed by atoms with Gasteiger partial charge in [0.25, 0.3) is 0 Å². The van der Waals surface area contributed by atoms with E-state index in [1.807, 2.05) is 12.1 Å². The summed E-state index contributed by atoms with van der Waals surface area (Å²) in [5.74, 6) is 1.68. The first kappa shape index (κ1) is 14.9. The molecule has 3 nitrogen and oxygen atoms in total. The van der Waals surface area contributed by atoms with Crippen LogP contribution in [0, 0.1) is 5.92 Å². The zero-order chi connectivity index (χ0) is 13.9. The lowest BCUT2D eigenvalue weighted by Crippen LogP contribution is -2.24. The van der Waals surface area contributed by atoms with Crippen LogP contribution in [0.4, 0.5) is 0 Å². The molecule has 1 saturated carbocycles. The fraction of sp³-hybridized carbons (Fsp3) is 0.571. The molecule has 106 valence electrons. The number of sulfone groups is 1. The van der Waals surface area contributed by atoms with E-state index in [0.29, 0.717) is 10.8 Å². The van der Waals surface area contributed by atoms with Gasteiger partial charge in [-0.25, -0.2) is 8.42 Å². The summed E-state index contributed by atoms with van der Waals surface area (Å²) in [6.07, 6.45) is 3.89. The Morgan fingerprint density at radius 1 is 1.32 bits per heavy atom. The van der Waals surface area contributed by atoms with E-state index in [1.54, 1.807) is 23.9 Å². The zero-order valence-corrected chi connectivity index (χ0v) is 13.1. The van der Waals surface area contributed by atoms with Gasteiger partial charge in [0.2, 0.25) is 0 Å². The van der Waals surface area contributed by atoms with Crippen molar-refractivity contribution < 1.29 is 8.42 Å². The molecule has 19 heavy (non-hydrogen) atoms. The van der Waals surface area contributed by atoms with Crippen molar-refractivity contribution in [1.82, 2.24) is 5.32 Å². The summed E-state index contributed by atoms with van der Waals surface area (Å²) in [5.41, 5.74) is 0. The van der Waals surface area contributed by atoms with E-state index in [2.05, 4.69) is 12.2 Å². The molecule has 0 amide bonds. The minimum Gasteiger partial charge on any atom is -0.314 e. The van der Waals surface area contributed by atoms with Gasteiger partial charge in [-0.1, -0.05) is 6.92 Å². The van der Waals surface area contributed by atoms with Crippen LogP contribution in [-0.4, -0.2) is 33.0 Å². The van der Waals surface area contributed by atoms with Crippen LogP contribution < -0.4 is 5.32 Å². The molecule has 1 aromatic carbocycles. The van der Waals surface area contributed by atoms with Crippen molar-refractivity contribution in [3.63, 3.8) is 0 Å². The van der Waals surface area contributed by atoms with Crippen LogP contribution >= 0.6 is 11.8 Å². The zero-order valence-electron chi connectivity index (χ0n) is 11.4. The molecule has 2 rings (SSSR count). The highest BCUT2D eigenvalue weighted by molar-refractivity contribution is 7.99. The highest BCUT2D eigenvalue weighted by Crippen LogP contribution is 2.23. The molecule has 0 bridgehead atoms. The minimum atomic E-state index is -3.08. The standard InChI is InChI=1S/C14H21NO2S2/c1-11(9-15-12-3-4-12)10-18-13-5-7-14(8-6-13)19(2,16)17/h5-8,11-12,15H,3-4,9-10H2,1-2H3. The van der Waals surface area contributed by atoms with Crippen LogP contribution in [-0.2, 0) is 9.84 Å². The average molecular weight is 299 g/mol. The molecule has 1 N–H and O–H groups in total. The summed E-state index contributed by atoms with van der Waals surface area (Å²) in [5, 5.41) is 3.53. The molecule has 1 unspecified atom stereocenters. The van der Waals surface area contributed by atoms with Crippen molar-refractivity contribution >= 4 is 21.6 Å². The van der Waals surface area contributed by atoms with Crippen molar-refractivity contribution in [2.75, 3.05) is 18.6 Å². The van der Waals surface area contributed by atoms with Gasteiger partial charge >= 0.3 is 0 Å². The fourth-order valence-electron chi connectivity index (χ4n) is 1.74. The molecule has 1 atom stereocenters. The Morgan fingerprint density at radius 2 is 1.95 bits per heavy atom.